The number of nitrogens with zero attached hydrogens (tertiary/aromatic N) is 2. The lowest BCUT2D eigenvalue weighted by Gasteiger charge is -2.14. The molecule has 25 heavy (non-hydrogen) atoms. The maximum Gasteiger partial charge on any atom is 0.242 e. The number of rotatable bonds is 5. The molecule has 1 aliphatic rings. The average molecular weight is 337 g/mol. The SMILES string of the molecule is C[C@@H](C(=O)NCCc1ccc2c(c1)OCO2)n1cnc2ccccc21. The second-order valence-corrected chi connectivity index (χ2v) is 6.05. The quantitative estimate of drug-likeness (QED) is 0.777. The normalized spacial score (nSPS) is 13.8. The summed E-state index contributed by atoms with van der Waals surface area (Å²) in [6, 6.07) is 13.3. The van der Waals surface area contributed by atoms with Gasteiger partial charge in [0.2, 0.25) is 12.7 Å². The van der Waals surface area contributed by atoms with Crippen molar-refractivity contribution in [1.82, 2.24) is 14.9 Å². The molecule has 1 N–H and O–H groups in total. The molecule has 3 aromatic rings. The van der Waals surface area contributed by atoms with Crippen LogP contribution in [0.5, 0.6) is 11.5 Å². The number of para-hydroxylation sites is 2. The van der Waals surface area contributed by atoms with Crippen LogP contribution >= 0.6 is 0 Å². The molecular weight excluding hydrogens is 318 g/mol. The van der Waals surface area contributed by atoms with E-state index in [2.05, 4.69) is 10.3 Å². The van der Waals surface area contributed by atoms with E-state index in [-0.39, 0.29) is 18.7 Å². The number of fused-ring (bicyclic) bond motifs is 2. The molecule has 1 atom stereocenters. The lowest BCUT2D eigenvalue weighted by molar-refractivity contribution is -0.123. The Morgan fingerprint density at radius 1 is 1.24 bits per heavy atom. The lowest BCUT2D eigenvalue weighted by Crippen LogP contribution is -2.32. The van der Waals surface area contributed by atoms with Gasteiger partial charge in [0.15, 0.2) is 11.5 Å². The van der Waals surface area contributed by atoms with Gasteiger partial charge in [0, 0.05) is 6.54 Å². The van der Waals surface area contributed by atoms with E-state index in [9.17, 15) is 4.79 Å². The van der Waals surface area contributed by atoms with Gasteiger partial charge in [-0.3, -0.25) is 4.79 Å². The van der Waals surface area contributed by atoms with Crippen LogP contribution in [-0.2, 0) is 11.2 Å². The molecule has 1 amide bonds. The maximum atomic E-state index is 12.5. The Balaban J connectivity index is 1.37. The van der Waals surface area contributed by atoms with Gasteiger partial charge in [-0.1, -0.05) is 18.2 Å². The highest BCUT2D eigenvalue weighted by atomic mass is 16.7. The van der Waals surface area contributed by atoms with E-state index < -0.39 is 0 Å². The summed E-state index contributed by atoms with van der Waals surface area (Å²) in [4.78, 5) is 16.8. The Bertz CT molecular complexity index is 919. The molecule has 4 rings (SSSR count). The summed E-state index contributed by atoms with van der Waals surface area (Å²) in [5.41, 5.74) is 2.95. The molecule has 2 heterocycles. The van der Waals surface area contributed by atoms with Crippen LogP contribution in [0.4, 0.5) is 0 Å². The van der Waals surface area contributed by atoms with Crippen LogP contribution in [0.1, 0.15) is 18.5 Å². The fourth-order valence-corrected chi connectivity index (χ4v) is 2.99. The zero-order valence-corrected chi connectivity index (χ0v) is 13.9. The van der Waals surface area contributed by atoms with Crippen molar-refractivity contribution in [1.29, 1.82) is 0 Å². The summed E-state index contributed by atoms with van der Waals surface area (Å²) in [7, 11) is 0. The zero-order chi connectivity index (χ0) is 17.2. The largest absolute Gasteiger partial charge is 0.454 e. The molecule has 0 spiro atoms. The molecule has 0 bridgehead atoms. The third-order valence-electron chi connectivity index (χ3n) is 4.43. The minimum absolute atomic E-state index is 0.0242. The minimum atomic E-state index is -0.316. The predicted octanol–water partition coefficient (Wildman–Crippen LogP) is 2.68. The van der Waals surface area contributed by atoms with Crippen molar-refractivity contribution in [3.05, 3.63) is 54.4 Å². The molecular formula is C19H19N3O3. The van der Waals surface area contributed by atoms with Crippen LogP contribution in [0.2, 0.25) is 0 Å². The number of amides is 1. The number of benzene rings is 2. The van der Waals surface area contributed by atoms with Gasteiger partial charge in [-0.05, 0) is 43.2 Å². The van der Waals surface area contributed by atoms with Crippen LogP contribution in [-0.4, -0.2) is 28.8 Å². The Hall–Kier alpha value is -3.02. The van der Waals surface area contributed by atoms with E-state index in [0.717, 1.165) is 34.5 Å². The summed E-state index contributed by atoms with van der Waals surface area (Å²) < 4.78 is 12.6. The monoisotopic (exact) mass is 337 g/mol. The first-order chi connectivity index (χ1) is 12.2. The second kappa shape index (κ2) is 6.47. The van der Waals surface area contributed by atoms with Crippen LogP contribution in [0.3, 0.4) is 0 Å². The van der Waals surface area contributed by atoms with Crippen molar-refractivity contribution >= 4 is 16.9 Å². The summed E-state index contributed by atoms with van der Waals surface area (Å²) in [5, 5.41) is 2.99. The highest BCUT2D eigenvalue weighted by Gasteiger charge is 2.17. The van der Waals surface area contributed by atoms with Gasteiger partial charge < -0.3 is 19.4 Å². The smallest absolute Gasteiger partial charge is 0.242 e. The molecule has 0 saturated heterocycles. The molecule has 6 nitrogen and oxygen atoms in total. The zero-order valence-electron chi connectivity index (χ0n) is 13.9. The number of carbonyl (C=O) groups excluding carboxylic acids is 1. The predicted molar refractivity (Wildman–Crippen MR) is 93.7 cm³/mol. The summed E-state index contributed by atoms with van der Waals surface area (Å²) >= 11 is 0. The topological polar surface area (TPSA) is 65.4 Å². The molecule has 0 saturated carbocycles. The van der Waals surface area contributed by atoms with Gasteiger partial charge in [-0.25, -0.2) is 4.98 Å². The second-order valence-electron chi connectivity index (χ2n) is 6.05. The average Bonchev–Trinajstić information content (AvgIpc) is 3.27. The van der Waals surface area contributed by atoms with Gasteiger partial charge in [0.05, 0.1) is 17.4 Å². The summed E-state index contributed by atoms with van der Waals surface area (Å²) in [5.74, 6) is 1.51. The van der Waals surface area contributed by atoms with Crippen molar-refractivity contribution in [2.45, 2.75) is 19.4 Å². The Morgan fingerprint density at radius 2 is 2.08 bits per heavy atom. The molecule has 0 unspecified atom stereocenters. The molecule has 0 fully saturated rings. The molecule has 1 aromatic heterocycles. The number of hydrogen-bond donors (Lipinski definition) is 1. The number of imidazole rings is 1. The molecule has 0 aliphatic carbocycles. The van der Waals surface area contributed by atoms with Crippen molar-refractivity contribution in [2.24, 2.45) is 0 Å². The number of carbonyl (C=O) groups is 1. The highest BCUT2D eigenvalue weighted by Crippen LogP contribution is 2.32. The Labute approximate surface area is 145 Å². The van der Waals surface area contributed by atoms with E-state index in [1.807, 2.05) is 54.0 Å². The fraction of sp³-hybridized carbons (Fsp3) is 0.263. The highest BCUT2D eigenvalue weighted by molar-refractivity contribution is 5.83. The Morgan fingerprint density at radius 3 is 3.00 bits per heavy atom. The first-order valence-electron chi connectivity index (χ1n) is 8.30. The van der Waals surface area contributed by atoms with E-state index in [1.54, 1.807) is 6.33 Å². The number of hydrogen-bond acceptors (Lipinski definition) is 4. The molecule has 0 radical (unpaired) electrons. The third kappa shape index (κ3) is 3.03. The number of aromatic nitrogens is 2. The first kappa shape index (κ1) is 15.5. The van der Waals surface area contributed by atoms with Crippen molar-refractivity contribution in [3.63, 3.8) is 0 Å². The number of ether oxygens (including phenoxy) is 2. The van der Waals surface area contributed by atoms with Gasteiger partial charge in [0.25, 0.3) is 0 Å². The van der Waals surface area contributed by atoms with Gasteiger partial charge in [-0.2, -0.15) is 0 Å². The van der Waals surface area contributed by atoms with Crippen LogP contribution in [0.15, 0.2) is 48.8 Å². The van der Waals surface area contributed by atoms with Gasteiger partial charge >= 0.3 is 0 Å². The summed E-state index contributed by atoms with van der Waals surface area (Å²) in [6.45, 7) is 2.71. The van der Waals surface area contributed by atoms with E-state index in [1.165, 1.54) is 0 Å². The van der Waals surface area contributed by atoms with Crippen molar-refractivity contribution in [3.8, 4) is 11.5 Å². The van der Waals surface area contributed by atoms with Gasteiger partial charge in [-0.15, -0.1) is 0 Å². The van der Waals surface area contributed by atoms with Crippen LogP contribution in [0, 0.1) is 0 Å². The number of nitrogens with one attached hydrogen (secondary N) is 1. The van der Waals surface area contributed by atoms with Crippen LogP contribution < -0.4 is 14.8 Å². The molecule has 1 aliphatic heterocycles. The minimum Gasteiger partial charge on any atom is -0.454 e. The molecule has 6 heteroatoms. The van der Waals surface area contributed by atoms with Crippen molar-refractivity contribution in [2.75, 3.05) is 13.3 Å². The maximum absolute atomic E-state index is 12.5. The third-order valence-corrected chi connectivity index (χ3v) is 4.43. The lowest BCUT2D eigenvalue weighted by atomic mass is 10.1. The summed E-state index contributed by atoms with van der Waals surface area (Å²) in [6.07, 6.45) is 2.45. The standard InChI is InChI=1S/C19H19N3O3/c1-13(22-11-21-15-4-2-3-5-16(15)22)19(23)20-9-8-14-6-7-17-18(10-14)25-12-24-17/h2-7,10-11,13H,8-9,12H2,1H3,(H,20,23)/t13-/m0/s1. The van der Waals surface area contributed by atoms with Crippen LogP contribution in [0.25, 0.3) is 11.0 Å². The Kier molecular flexibility index (Phi) is 4.01. The molecule has 2 aromatic carbocycles. The fourth-order valence-electron chi connectivity index (χ4n) is 2.99. The van der Waals surface area contributed by atoms with E-state index in [4.69, 9.17) is 9.47 Å². The first-order valence-corrected chi connectivity index (χ1v) is 8.30. The van der Waals surface area contributed by atoms with E-state index in [0.29, 0.717) is 6.54 Å². The van der Waals surface area contributed by atoms with Gasteiger partial charge in [0.1, 0.15) is 6.04 Å². The van der Waals surface area contributed by atoms with E-state index >= 15 is 0 Å². The van der Waals surface area contributed by atoms with Crippen molar-refractivity contribution < 1.29 is 14.3 Å². The molecule has 128 valence electrons.